The van der Waals surface area contributed by atoms with E-state index in [0.29, 0.717) is 0 Å². The number of rotatable bonds is 2. The number of hydrogen-bond donors (Lipinski definition) is 2. The molecule has 1 rings (SSSR count). The molecule has 0 spiro atoms. The van der Waals surface area contributed by atoms with E-state index in [9.17, 15) is 0 Å². The van der Waals surface area contributed by atoms with E-state index in [1.54, 1.807) is 0 Å². The Morgan fingerprint density at radius 3 is 1.29 bits per heavy atom. The van der Waals surface area contributed by atoms with Crippen LogP contribution in [0.15, 0.2) is 0 Å². The lowest BCUT2D eigenvalue weighted by Gasteiger charge is -2.18. The van der Waals surface area contributed by atoms with E-state index in [-0.39, 0.29) is 0 Å². The predicted molar refractivity (Wildman–Crippen MR) is 63.5 cm³/mol. The molecule has 0 aromatic heterocycles. The van der Waals surface area contributed by atoms with Gasteiger partial charge in [-0.2, -0.15) is 0 Å². The number of hydrogen-bond acceptors (Lipinski definition) is 2. The van der Waals surface area contributed by atoms with Crippen LogP contribution in [0.2, 0.25) is 0 Å². The van der Waals surface area contributed by atoms with E-state index in [4.69, 9.17) is 11.5 Å². The number of anilines is 2. The molecule has 0 aliphatic carbocycles. The Balaban J connectivity index is 3.57. The molecule has 0 aliphatic heterocycles. The van der Waals surface area contributed by atoms with Crippen LogP contribution in [-0.4, -0.2) is 0 Å². The molecule has 0 saturated carbocycles. The maximum atomic E-state index is 5.96. The Labute approximate surface area is 86.3 Å². The van der Waals surface area contributed by atoms with Crippen molar-refractivity contribution < 1.29 is 0 Å². The van der Waals surface area contributed by atoms with Crippen LogP contribution in [0.4, 0.5) is 11.4 Å². The van der Waals surface area contributed by atoms with Gasteiger partial charge in [-0.3, -0.25) is 0 Å². The molecule has 0 heterocycles. The first-order valence-electron chi connectivity index (χ1n) is 5.20. The van der Waals surface area contributed by atoms with Crippen molar-refractivity contribution in [3.05, 3.63) is 22.3 Å². The summed E-state index contributed by atoms with van der Waals surface area (Å²) in [5, 5.41) is 0. The van der Waals surface area contributed by atoms with Gasteiger partial charge in [0, 0.05) is 0 Å². The largest absolute Gasteiger partial charge is 0.397 e. The third-order valence-electron chi connectivity index (χ3n) is 3.07. The molecular formula is C12H20N2. The fourth-order valence-electron chi connectivity index (χ4n) is 2.14. The van der Waals surface area contributed by atoms with Crippen molar-refractivity contribution in [2.24, 2.45) is 0 Å². The minimum Gasteiger partial charge on any atom is -0.397 e. The van der Waals surface area contributed by atoms with Crippen LogP contribution in [-0.2, 0) is 12.8 Å². The van der Waals surface area contributed by atoms with Crippen molar-refractivity contribution >= 4 is 11.4 Å². The summed E-state index contributed by atoms with van der Waals surface area (Å²) in [7, 11) is 0. The summed E-state index contributed by atoms with van der Waals surface area (Å²) in [6.07, 6.45) is 2.06. The molecule has 0 atom stereocenters. The third kappa shape index (κ3) is 1.45. The molecule has 0 unspecified atom stereocenters. The fourth-order valence-corrected chi connectivity index (χ4v) is 2.14. The zero-order chi connectivity index (χ0) is 10.9. The van der Waals surface area contributed by atoms with Crippen LogP contribution < -0.4 is 11.5 Å². The normalized spacial score (nSPS) is 10.6. The quantitative estimate of drug-likeness (QED) is 0.708. The van der Waals surface area contributed by atoms with E-state index in [1.165, 1.54) is 11.1 Å². The highest BCUT2D eigenvalue weighted by atomic mass is 14.7. The van der Waals surface area contributed by atoms with Gasteiger partial charge in [0.15, 0.2) is 0 Å². The van der Waals surface area contributed by atoms with E-state index in [1.807, 2.05) is 0 Å². The van der Waals surface area contributed by atoms with Gasteiger partial charge in [-0.25, -0.2) is 0 Å². The highest BCUT2D eigenvalue weighted by Gasteiger charge is 2.13. The lowest BCUT2D eigenvalue weighted by atomic mass is 9.91. The Morgan fingerprint density at radius 1 is 0.786 bits per heavy atom. The summed E-state index contributed by atoms with van der Waals surface area (Å²) in [5.41, 5.74) is 18.5. The van der Waals surface area contributed by atoms with Crippen molar-refractivity contribution in [3.8, 4) is 0 Å². The second kappa shape index (κ2) is 3.91. The molecule has 2 heteroatoms. The molecule has 0 radical (unpaired) electrons. The zero-order valence-corrected chi connectivity index (χ0v) is 9.57. The van der Waals surface area contributed by atoms with Crippen LogP contribution in [0.25, 0.3) is 0 Å². The molecule has 1 aromatic rings. The molecule has 2 nitrogen and oxygen atoms in total. The fraction of sp³-hybridized carbons (Fsp3) is 0.500. The maximum absolute atomic E-state index is 5.96. The van der Waals surface area contributed by atoms with Crippen molar-refractivity contribution in [1.82, 2.24) is 0 Å². The molecule has 14 heavy (non-hydrogen) atoms. The Bertz CT molecular complexity index is 319. The van der Waals surface area contributed by atoms with Gasteiger partial charge in [0.2, 0.25) is 0 Å². The maximum Gasteiger partial charge on any atom is 0.0583 e. The molecule has 0 saturated heterocycles. The van der Waals surface area contributed by atoms with E-state index >= 15 is 0 Å². The van der Waals surface area contributed by atoms with Gasteiger partial charge >= 0.3 is 0 Å². The van der Waals surface area contributed by atoms with Gasteiger partial charge in [0.1, 0.15) is 0 Å². The van der Waals surface area contributed by atoms with Gasteiger partial charge in [-0.1, -0.05) is 13.8 Å². The van der Waals surface area contributed by atoms with Crippen molar-refractivity contribution in [3.63, 3.8) is 0 Å². The molecule has 78 valence electrons. The number of nitrogens with two attached hydrogens (primary N) is 2. The lowest BCUT2D eigenvalue weighted by molar-refractivity contribution is 1.00. The number of benzene rings is 1. The second-order valence-electron chi connectivity index (χ2n) is 3.74. The number of nitrogen functional groups attached to an aromatic ring is 2. The average molecular weight is 192 g/mol. The summed E-state index contributed by atoms with van der Waals surface area (Å²) in [6.45, 7) is 8.44. The first kappa shape index (κ1) is 10.9. The van der Waals surface area contributed by atoms with Crippen molar-refractivity contribution in [1.29, 1.82) is 0 Å². The van der Waals surface area contributed by atoms with E-state index in [0.717, 1.165) is 35.3 Å². The van der Waals surface area contributed by atoms with Crippen molar-refractivity contribution in [2.75, 3.05) is 11.5 Å². The molecule has 4 N–H and O–H groups in total. The minimum atomic E-state index is 0.761. The van der Waals surface area contributed by atoms with Crippen LogP contribution >= 0.6 is 0 Å². The first-order chi connectivity index (χ1) is 6.54. The Kier molecular flexibility index (Phi) is 3.04. The Hall–Kier alpha value is -1.18. The first-order valence-corrected chi connectivity index (χ1v) is 5.20. The summed E-state index contributed by atoms with van der Waals surface area (Å²) in [5.74, 6) is 0. The lowest BCUT2D eigenvalue weighted by Crippen LogP contribution is -2.07. The average Bonchev–Trinajstić information content (AvgIpc) is 2.20. The van der Waals surface area contributed by atoms with E-state index < -0.39 is 0 Å². The predicted octanol–water partition coefficient (Wildman–Crippen LogP) is 2.59. The molecule has 0 bridgehead atoms. The van der Waals surface area contributed by atoms with Crippen LogP contribution in [0, 0.1) is 13.8 Å². The molecule has 0 fully saturated rings. The summed E-state index contributed by atoms with van der Waals surface area (Å²) >= 11 is 0. The molecule has 0 aliphatic rings. The monoisotopic (exact) mass is 192 g/mol. The van der Waals surface area contributed by atoms with Gasteiger partial charge in [0.25, 0.3) is 0 Å². The summed E-state index contributed by atoms with van der Waals surface area (Å²) < 4.78 is 0. The molecule has 1 aromatic carbocycles. The standard InChI is InChI=1S/C12H20N2/c1-5-9-7(3)11(13)12(14)8(4)10(9)6-2/h5-6,13-14H2,1-4H3. The Morgan fingerprint density at radius 2 is 1.07 bits per heavy atom. The summed E-state index contributed by atoms with van der Waals surface area (Å²) in [6, 6.07) is 0. The smallest absolute Gasteiger partial charge is 0.0583 e. The second-order valence-corrected chi connectivity index (χ2v) is 3.74. The van der Waals surface area contributed by atoms with Gasteiger partial charge in [-0.05, 0) is 48.9 Å². The van der Waals surface area contributed by atoms with Crippen LogP contribution in [0.3, 0.4) is 0 Å². The van der Waals surface area contributed by atoms with E-state index in [2.05, 4.69) is 27.7 Å². The zero-order valence-electron chi connectivity index (χ0n) is 9.57. The minimum absolute atomic E-state index is 0.761. The molecule has 0 amide bonds. The van der Waals surface area contributed by atoms with Crippen LogP contribution in [0.5, 0.6) is 0 Å². The van der Waals surface area contributed by atoms with Crippen molar-refractivity contribution in [2.45, 2.75) is 40.5 Å². The van der Waals surface area contributed by atoms with Gasteiger partial charge < -0.3 is 11.5 Å². The molecular weight excluding hydrogens is 172 g/mol. The topological polar surface area (TPSA) is 52.0 Å². The highest BCUT2D eigenvalue weighted by molar-refractivity contribution is 5.74. The van der Waals surface area contributed by atoms with Crippen LogP contribution in [0.1, 0.15) is 36.1 Å². The summed E-state index contributed by atoms with van der Waals surface area (Å²) in [4.78, 5) is 0. The van der Waals surface area contributed by atoms with Gasteiger partial charge in [0.05, 0.1) is 11.4 Å². The SMILES string of the molecule is CCc1c(C)c(N)c(N)c(C)c1CC. The third-order valence-corrected chi connectivity index (χ3v) is 3.07. The highest BCUT2D eigenvalue weighted by Crippen LogP contribution is 2.31. The van der Waals surface area contributed by atoms with Gasteiger partial charge in [-0.15, -0.1) is 0 Å².